The van der Waals surface area contributed by atoms with Gasteiger partial charge in [0.25, 0.3) is 0 Å². The number of methoxy groups -OCH3 is 1. The van der Waals surface area contributed by atoms with Crippen molar-refractivity contribution in [1.29, 1.82) is 0 Å². The van der Waals surface area contributed by atoms with Gasteiger partial charge in [0.1, 0.15) is 11.6 Å². The third-order valence-corrected chi connectivity index (χ3v) is 4.27. The van der Waals surface area contributed by atoms with Crippen LogP contribution >= 0.6 is 0 Å². The Morgan fingerprint density at radius 2 is 1.78 bits per heavy atom. The minimum atomic E-state index is -0.295. The third kappa shape index (κ3) is 6.73. The molecule has 0 heterocycles. The molecule has 5 nitrogen and oxygen atoms in total. The number of nitrogens with one attached hydrogen (secondary N) is 1. The van der Waals surface area contributed by atoms with Gasteiger partial charge in [0.2, 0.25) is 11.8 Å². The molecule has 2 aromatic rings. The van der Waals surface area contributed by atoms with E-state index in [-0.39, 0.29) is 24.2 Å². The van der Waals surface area contributed by atoms with Crippen molar-refractivity contribution in [1.82, 2.24) is 10.2 Å². The van der Waals surface area contributed by atoms with Crippen molar-refractivity contribution in [2.45, 2.75) is 19.8 Å². The van der Waals surface area contributed by atoms with Gasteiger partial charge < -0.3 is 15.0 Å². The zero-order valence-electron chi connectivity index (χ0n) is 15.7. The SMILES string of the molecule is COc1ccccc1CCNC(=O)CN(CCc1ccc(F)cc1)C(C)=O. The monoisotopic (exact) mass is 372 g/mol. The van der Waals surface area contributed by atoms with Crippen LogP contribution < -0.4 is 10.1 Å². The molecule has 0 aliphatic rings. The van der Waals surface area contributed by atoms with E-state index in [0.717, 1.165) is 16.9 Å². The molecule has 0 radical (unpaired) electrons. The quantitative estimate of drug-likeness (QED) is 0.736. The van der Waals surface area contributed by atoms with Gasteiger partial charge in [0.05, 0.1) is 13.7 Å². The molecule has 0 unspecified atom stereocenters. The molecule has 0 bridgehead atoms. The van der Waals surface area contributed by atoms with Gasteiger partial charge in [-0.25, -0.2) is 4.39 Å². The van der Waals surface area contributed by atoms with Crippen LogP contribution in [0, 0.1) is 5.82 Å². The highest BCUT2D eigenvalue weighted by Crippen LogP contribution is 2.17. The predicted octanol–water partition coefficient (Wildman–Crippen LogP) is 2.58. The predicted molar refractivity (Wildman–Crippen MR) is 102 cm³/mol. The van der Waals surface area contributed by atoms with Crippen LogP contribution in [0.1, 0.15) is 18.1 Å². The number of amides is 2. The van der Waals surface area contributed by atoms with Crippen molar-refractivity contribution in [3.05, 3.63) is 65.5 Å². The molecule has 0 saturated heterocycles. The number of ether oxygens (including phenoxy) is 1. The van der Waals surface area contributed by atoms with E-state index in [1.54, 1.807) is 19.2 Å². The van der Waals surface area contributed by atoms with Crippen molar-refractivity contribution in [2.24, 2.45) is 0 Å². The van der Waals surface area contributed by atoms with Crippen LogP contribution in [0.4, 0.5) is 4.39 Å². The van der Waals surface area contributed by atoms with Crippen molar-refractivity contribution in [3.8, 4) is 5.75 Å². The zero-order valence-corrected chi connectivity index (χ0v) is 15.7. The minimum absolute atomic E-state index is 0.00243. The normalized spacial score (nSPS) is 10.3. The van der Waals surface area contributed by atoms with Gasteiger partial charge in [-0.15, -0.1) is 0 Å². The summed E-state index contributed by atoms with van der Waals surface area (Å²) in [5, 5.41) is 2.84. The molecule has 0 saturated carbocycles. The summed E-state index contributed by atoms with van der Waals surface area (Å²) in [5.41, 5.74) is 1.93. The largest absolute Gasteiger partial charge is 0.496 e. The molecule has 27 heavy (non-hydrogen) atoms. The lowest BCUT2D eigenvalue weighted by Crippen LogP contribution is -2.41. The van der Waals surface area contributed by atoms with Crippen molar-refractivity contribution in [2.75, 3.05) is 26.7 Å². The van der Waals surface area contributed by atoms with Crippen LogP contribution in [0.15, 0.2) is 48.5 Å². The maximum absolute atomic E-state index is 12.9. The molecule has 2 rings (SSSR count). The summed E-state index contributed by atoms with van der Waals surface area (Å²) >= 11 is 0. The molecule has 2 amide bonds. The van der Waals surface area contributed by atoms with Gasteiger partial charge in [0, 0.05) is 20.0 Å². The van der Waals surface area contributed by atoms with Crippen LogP contribution in [-0.4, -0.2) is 43.5 Å². The summed E-state index contributed by atoms with van der Waals surface area (Å²) in [6.07, 6.45) is 1.21. The fraction of sp³-hybridized carbons (Fsp3) is 0.333. The summed E-state index contributed by atoms with van der Waals surface area (Å²) in [5.74, 6) is 0.115. The smallest absolute Gasteiger partial charge is 0.239 e. The molecule has 0 spiro atoms. The second-order valence-corrected chi connectivity index (χ2v) is 6.23. The van der Waals surface area contributed by atoms with Crippen molar-refractivity contribution < 1.29 is 18.7 Å². The van der Waals surface area contributed by atoms with Crippen molar-refractivity contribution in [3.63, 3.8) is 0 Å². The molecule has 0 aromatic heterocycles. The molecule has 0 aliphatic heterocycles. The minimum Gasteiger partial charge on any atom is -0.496 e. The molecule has 0 aliphatic carbocycles. The molecule has 1 N–H and O–H groups in total. The summed E-state index contributed by atoms with van der Waals surface area (Å²) in [6, 6.07) is 13.8. The molecule has 0 fully saturated rings. The molecular formula is C21H25FN2O3. The van der Waals surface area contributed by atoms with Gasteiger partial charge in [-0.2, -0.15) is 0 Å². The van der Waals surface area contributed by atoms with E-state index in [1.807, 2.05) is 24.3 Å². The first kappa shape index (κ1) is 20.4. The highest BCUT2D eigenvalue weighted by atomic mass is 19.1. The Morgan fingerprint density at radius 3 is 2.44 bits per heavy atom. The molecular weight excluding hydrogens is 347 g/mol. The first-order valence-corrected chi connectivity index (χ1v) is 8.88. The van der Waals surface area contributed by atoms with Gasteiger partial charge >= 0.3 is 0 Å². The second-order valence-electron chi connectivity index (χ2n) is 6.23. The van der Waals surface area contributed by atoms with Crippen LogP contribution in [0.25, 0.3) is 0 Å². The fourth-order valence-electron chi connectivity index (χ4n) is 2.74. The van der Waals surface area contributed by atoms with E-state index in [1.165, 1.54) is 24.0 Å². The van der Waals surface area contributed by atoms with Gasteiger partial charge in [-0.3, -0.25) is 9.59 Å². The number of nitrogens with zero attached hydrogens (tertiary/aromatic N) is 1. The number of carbonyl (C=O) groups is 2. The highest BCUT2D eigenvalue weighted by Gasteiger charge is 2.13. The van der Waals surface area contributed by atoms with Crippen molar-refractivity contribution >= 4 is 11.8 Å². The topological polar surface area (TPSA) is 58.6 Å². The Bertz CT molecular complexity index is 762. The highest BCUT2D eigenvalue weighted by molar-refractivity contribution is 5.83. The van der Waals surface area contributed by atoms with E-state index in [0.29, 0.717) is 25.9 Å². The van der Waals surface area contributed by atoms with Crippen LogP contribution in [-0.2, 0) is 22.4 Å². The summed E-state index contributed by atoms with van der Waals surface area (Å²) in [7, 11) is 1.61. The van der Waals surface area contributed by atoms with E-state index >= 15 is 0 Å². The molecule has 6 heteroatoms. The number of rotatable bonds is 9. The Kier molecular flexibility index (Phi) is 7.79. The molecule has 144 valence electrons. The molecule has 2 aromatic carbocycles. The Labute approximate surface area is 159 Å². The van der Waals surface area contributed by atoms with E-state index < -0.39 is 0 Å². The zero-order chi connectivity index (χ0) is 19.6. The lowest BCUT2D eigenvalue weighted by Gasteiger charge is -2.20. The Balaban J connectivity index is 1.80. The lowest BCUT2D eigenvalue weighted by molar-refractivity contribution is -0.134. The van der Waals surface area contributed by atoms with Gasteiger partial charge in [-0.05, 0) is 42.2 Å². The maximum atomic E-state index is 12.9. The van der Waals surface area contributed by atoms with E-state index in [2.05, 4.69) is 5.32 Å². The number of hydrogen-bond acceptors (Lipinski definition) is 3. The average Bonchev–Trinajstić information content (AvgIpc) is 2.66. The van der Waals surface area contributed by atoms with Crippen LogP contribution in [0.3, 0.4) is 0 Å². The Hall–Kier alpha value is -2.89. The lowest BCUT2D eigenvalue weighted by atomic mass is 10.1. The number of carbonyl (C=O) groups excluding carboxylic acids is 2. The standard InChI is InChI=1S/C21H25FN2O3/c1-16(25)24(14-12-17-7-9-19(22)10-8-17)15-21(26)23-13-11-18-5-3-4-6-20(18)27-2/h3-10H,11-15H2,1-2H3,(H,23,26). The first-order valence-electron chi connectivity index (χ1n) is 8.88. The number of para-hydroxylation sites is 1. The third-order valence-electron chi connectivity index (χ3n) is 4.27. The number of halogens is 1. The second kappa shape index (κ2) is 10.3. The summed E-state index contributed by atoms with van der Waals surface area (Å²) in [4.78, 5) is 25.5. The maximum Gasteiger partial charge on any atom is 0.239 e. The van der Waals surface area contributed by atoms with Crippen LogP contribution in [0.5, 0.6) is 5.75 Å². The van der Waals surface area contributed by atoms with Gasteiger partial charge in [-0.1, -0.05) is 30.3 Å². The molecule has 0 atom stereocenters. The number of hydrogen-bond donors (Lipinski definition) is 1. The number of benzene rings is 2. The average molecular weight is 372 g/mol. The summed E-state index contributed by atoms with van der Waals surface area (Å²) in [6.45, 7) is 2.30. The van der Waals surface area contributed by atoms with Crippen LogP contribution in [0.2, 0.25) is 0 Å². The Morgan fingerprint density at radius 1 is 1.07 bits per heavy atom. The van der Waals surface area contributed by atoms with E-state index in [4.69, 9.17) is 4.74 Å². The summed E-state index contributed by atoms with van der Waals surface area (Å²) < 4.78 is 18.2. The van der Waals surface area contributed by atoms with Gasteiger partial charge in [0.15, 0.2) is 0 Å². The van der Waals surface area contributed by atoms with E-state index in [9.17, 15) is 14.0 Å². The first-order chi connectivity index (χ1) is 13.0. The fourth-order valence-corrected chi connectivity index (χ4v) is 2.74.